The summed E-state index contributed by atoms with van der Waals surface area (Å²) >= 11 is 7.27. The first-order chi connectivity index (χ1) is 6.81. The lowest BCUT2D eigenvalue weighted by atomic mass is 10.2. The largest absolute Gasteiger partial charge is 0.338 e. The van der Waals surface area contributed by atoms with Crippen molar-refractivity contribution < 1.29 is 4.79 Å². The number of rotatable bonds is 2. The molecule has 1 aromatic rings. The number of halogens is 1. The number of carbonyl (C=O) groups is 1. The number of carbonyl (C=O) groups excluding carboxylic acids is 1. The lowest BCUT2D eigenvalue weighted by Gasteiger charge is -2.14. The molecule has 0 N–H and O–H groups in total. The maximum atomic E-state index is 11.9. The molecule has 0 saturated carbocycles. The molecule has 0 aromatic carbocycles. The summed E-state index contributed by atoms with van der Waals surface area (Å²) in [6.07, 6.45) is 1.04. The van der Waals surface area contributed by atoms with Crippen molar-refractivity contribution >= 4 is 28.8 Å². The normalized spacial score (nSPS) is 21.5. The SMILES string of the molecule is O=C(c1cccs1)N1CCC(CCl)C1. The Kier molecular flexibility index (Phi) is 3.08. The fourth-order valence-corrected chi connectivity index (χ4v) is 2.64. The first kappa shape index (κ1) is 9.99. The molecule has 14 heavy (non-hydrogen) atoms. The molecule has 1 aromatic heterocycles. The Hall–Kier alpha value is -0.540. The fraction of sp³-hybridized carbons (Fsp3) is 0.500. The maximum absolute atomic E-state index is 11.9. The Morgan fingerprint density at radius 1 is 1.71 bits per heavy atom. The van der Waals surface area contributed by atoms with E-state index in [2.05, 4.69) is 0 Å². The molecule has 2 heterocycles. The van der Waals surface area contributed by atoms with Crippen LogP contribution in [0, 0.1) is 5.92 Å². The van der Waals surface area contributed by atoms with E-state index in [9.17, 15) is 4.79 Å². The van der Waals surface area contributed by atoms with Gasteiger partial charge in [0.15, 0.2) is 0 Å². The molecule has 1 saturated heterocycles. The van der Waals surface area contributed by atoms with Crippen LogP contribution in [0.15, 0.2) is 17.5 Å². The third-order valence-corrected chi connectivity index (χ3v) is 3.82. The molecule has 1 atom stereocenters. The van der Waals surface area contributed by atoms with Crippen molar-refractivity contribution in [2.75, 3.05) is 19.0 Å². The van der Waals surface area contributed by atoms with Gasteiger partial charge in [-0.3, -0.25) is 4.79 Å². The van der Waals surface area contributed by atoms with Gasteiger partial charge in [0.25, 0.3) is 5.91 Å². The summed E-state index contributed by atoms with van der Waals surface area (Å²) < 4.78 is 0. The first-order valence-electron chi connectivity index (χ1n) is 4.70. The van der Waals surface area contributed by atoms with Crippen LogP contribution in [0.4, 0.5) is 0 Å². The summed E-state index contributed by atoms with van der Waals surface area (Å²) in [5.41, 5.74) is 0. The van der Waals surface area contributed by atoms with Crippen LogP contribution in [-0.4, -0.2) is 29.8 Å². The lowest BCUT2D eigenvalue weighted by molar-refractivity contribution is 0.0793. The minimum Gasteiger partial charge on any atom is -0.338 e. The minimum absolute atomic E-state index is 0.160. The Morgan fingerprint density at radius 3 is 3.14 bits per heavy atom. The average Bonchev–Trinajstić information content (AvgIpc) is 2.88. The van der Waals surface area contributed by atoms with Gasteiger partial charge in [0, 0.05) is 19.0 Å². The summed E-state index contributed by atoms with van der Waals surface area (Å²) in [6, 6.07) is 3.79. The zero-order valence-corrected chi connectivity index (χ0v) is 9.35. The number of hydrogen-bond donors (Lipinski definition) is 0. The number of thiophene rings is 1. The van der Waals surface area contributed by atoms with Crippen molar-refractivity contribution in [3.63, 3.8) is 0 Å². The Morgan fingerprint density at radius 2 is 2.57 bits per heavy atom. The van der Waals surface area contributed by atoms with Crippen molar-refractivity contribution in [3.05, 3.63) is 22.4 Å². The summed E-state index contributed by atoms with van der Waals surface area (Å²) in [5.74, 6) is 1.31. The summed E-state index contributed by atoms with van der Waals surface area (Å²) in [6.45, 7) is 1.67. The van der Waals surface area contributed by atoms with Gasteiger partial charge in [-0.2, -0.15) is 0 Å². The zero-order chi connectivity index (χ0) is 9.97. The summed E-state index contributed by atoms with van der Waals surface area (Å²) in [4.78, 5) is 14.6. The maximum Gasteiger partial charge on any atom is 0.263 e. The van der Waals surface area contributed by atoms with Crippen molar-refractivity contribution in [1.82, 2.24) is 4.90 Å². The highest BCUT2D eigenvalue weighted by molar-refractivity contribution is 7.12. The first-order valence-corrected chi connectivity index (χ1v) is 6.11. The second kappa shape index (κ2) is 4.32. The lowest BCUT2D eigenvalue weighted by Crippen LogP contribution is -2.28. The third kappa shape index (κ3) is 1.93. The Bertz CT molecular complexity index is 312. The van der Waals surface area contributed by atoms with Crippen LogP contribution in [0.5, 0.6) is 0 Å². The van der Waals surface area contributed by atoms with E-state index in [-0.39, 0.29) is 5.91 Å². The minimum atomic E-state index is 0.160. The van der Waals surface area contributed by atoms with Gasteiger partial charge in [0.05, 0.1) is 4.88 Å². The molecule has 1 aliphatic heterocycles. The zero-order valence-electron chi connectivity index (χ0n) is 7.78. The van der Waals surface area contributed by atoms with Gasteiger partial charge >= 0.3 is 0 Å². The van der Waals surface area contributed by atoms with Crippen LogP contribution in [0.1, 0.15) is 16.1 Å². The van der Waals surface area contributed by atoms with Crippen LogP contribution >= 0.6 is 22.9 Å². The third-order valence-electron chi connectivity index (χ3n) is 2.52. The van der Waals surface area contributed by atoms with E-state index in [1.165, 1.54) is 11.3 Å². The summed E-state index contributed by atoms with van der Waals surface area (Å²) in [5, 5.41) is 1.93. The van der Waals surface area contributed by atoms with Gasteiger partial charge in [0.1, 0.15) is 0 Å². The van der Waals surface area contributed by atoms with Gasteiger partial charge in [0.2, 0.25) is 0 Å². The topological polar surface area (TPSA) is 20.3 Å². The molecule has 2 nitrogen and oxygen atoms in total. The van der Waals surface area contributed by atoms with E-state index in [0.717, 1.165) is 24.4 Å². The molecule has 1 amide bonds. The van der Waals surface area contributed by atoms with Crippen molar-refractivity contribution in [3.8, 4) is 0 Å². The van der Waals surface area contributed by atoms with E-state index in [4.69, 9.17) is 11.6 Å². The molecular weight excluding hydrogens is 218 g/mol. The smallest absolute Gasteiger partial charge is 0.263 e. The van der Waals surface area contributed by atoms with Gasteiger partial charge in [-0.25, -0.2) is 0 Å². The molecular formula is C10H12ClNOS. The highest BCUT2D eigenvalue weighted by Gasteiger charge is 2.26. The number of hydrogen-bond acceptors (Lipinski definition) is 2. The predicted octanol–water partition coefficient (Wildman–Crippen LogP) is 2.45. The van der Waals surface area contributed by atoms with E-state index < -0.39 is 0 Å². The van der Waals surface area contributed by atoms with Crippen molar-refractivity contribution in [1.29, 1.82) is 0 Å². The fourth-order valence-electron chi connectivity index (χ4n) is 1.70. The Labute approximate surface area is 92.5 Å². The average molecular weight is 230 g/mol. The highest BCUT2D eigenvalue weighted by atomic mass is 35.5. The second-order valence-electron chi connectivity index (χ2n) is 3.54. The number of amides is 1. The van der Waals surface area contributed by atoms with E-state index in [1.807, 2.05) is 22.4 Å². The standard InChI is InChI=1S/C10H12ClNOS/c11-6-8-3-4-12(7-8)10(13)9-2-1-5-14-9/h1-2,5,8H,3-4,6-7H2. The van der Waals surface area contributed by atoms with Crippen LogP contribution < -0.4 is 0 Å². The number of likely N-dealkylation sites (tertiary alicyclic amines) is 1. The van der Waals surface area contributed by atoms with Crippen molar-refractivity contribution in [2.24, 2.45) is 5.92 Å². The van der Waals surface area contributed by atoms with Crippen LogP contribution in [0.3, 0.4) is 0 Å². The number of nitrogens with zero attached hydrogens (tertiary/aromatic N) is 1. The van der Waals surface area contributed by atoms with Crippen LogP contribution in [-0.2, 0) is 0 Å². The quantitative estimate of drug-likeness (QED) is 0.714. The molecule has 1 aliphatic rings. The highest BCUT2D eigenvalue weighted by Crippen LogP contribution is 2.21. The molecule has 1 unspecified atom stereocenters. The molecule has 4 heteroatoms. The van der Waals surface area contributed by atoms with Gasteiger partial charge in [-0.05, 0) is 23.8 Å². The summed E-state index contributed by atoms with van der Waals surface area (Å²) in [7, 11) is 0. The van der Waals surface area contributed by atoms with Gasteiger partial charge in [-0.1, -0.05) is 6.07 Å². The predicted molar refractivity (Wildman–Crippen MR) is 59.0 cm³/mol. The molecule has 0 aliphatic carbocycles. The van der Waals surface area contributed by atoms with E-state index >= 15 is 0 Å². The molecule has 1 fully saturated rings. The molecule has 0 radical (unpaired) electrons. The van der Waals surface area contributed by atoms with Gasteiger partial charge < -0.3 is 4.90 Å². The van der Waals surface area contributed by atoms with Crippen LogP contribution in [0.25, 0.3) is 0 Å². The number of alkyl halides is 1. The molecule has 0 bridgehead atoms. The molecule has 0 spiro atoms. The van der Waals surface area contributed by atoms with Crippen molar-refractivity contribution in [2.45, 2.75) is 6.42 Å². The monoisotopic (exact) mass is 229 g/mol. The van der Waals surface area contributed by atoms with Gasteiger partial charge in [-0.15, -0.1) is 22.9 Å². The second-order valence-corrected chi connectivity index (χ2v) is 4.79. The van der Waals surface area contributed by atoms with E-state index in [1.54, 1.807) is 0 Å². The molecule has 76 valence electrons. The van der Waals surface area contributed by atoms with Crippen LogP contribution in [0.2, 0.25) is 0 Å². The molecule has 2 rings (SSSR count). The Balaban J connectivity index is 2.00. The van der Waals surface area contributed by atoms with E-state index in [0.29, 0.717) is 11.8 Å².